The second-order valence-electron chi connectivity index (χ2n) is 10.7. The highest BCUT2D eigenvalue weighted by Crippen LogP contribution is 2.48. The van der Waals surface area contributed by atoms with Crippen LogP contribution in [-0.4, -0.2) is 44.0 Å². The molecule has 224 valence electrons. The number of carbonyl (C=O) groups excluding carboxylic acids is 4. The molecule has 0 fully saturated rings. The zero-order valence-corrected chi connectivity index (χ0v) is 24.5. The number of hydrogen-bond acceptors (Lipinski definition) is 9. The van der Waals surface area contributed by atoms with Crippen molar-refractivity contribution in [1.82, 2.24) is 0 Å². The zero-order valence-electron chi connectivity index (χ0n) is 24.5. The van der Waals surface area contributed by atoms with Crippen LogP contribution in [0.2, 0.25) is 0 Å². The van der Waals surface area contributed by atoms with Crippen molar-refractivity contribution in [2.75, 3.05) is 14.2 Å². The minimum atomic E-state index is -0.590. The predicted octanol–water partition coefficient (Wildman–Crippen LogP) is 6.66. The van der Waals surface area contributed by atoms with Gasteiger partial charge < -0.3 is 23.4 Å². The Morgan fingerprint density at radius 1 is 0.977 bits per heavy atom. The number of ketones is 1. The summed E-state index contributed by atoms with van der Waals surface area (Å²) in [5.74, 6) is -0.257. The highest BCUT2D eigenvalue weighted by Gasteiger charge is 2.37. The Morgan fingerprint density at radius 3 is 2.49 bits per heavy atom. The van der Waals surface area contributed by atoms with Gasteiger partial charge in [0.05, 0.1) is 38.2 Å². The number of cyclic esters (lactones) is 1. The zero-order chi connectivity index (χ0) is 30.5. The van der Waals surface area contributed by atoms with E-state index >= 15 is 0 Å². The van der Waals surface area contributed by atoms with E-state index in [0.29, 0.717) is 66.7 Å². The van der Waals surface area contributed by atoms with E-state index in [4.69, 9.17) is 23.4 Å². The van der Waals surface area contributed by atoms with E-state index in [9.17, 15) is 19.2 Å². The van der Waals surface area contributed by atoms with E-state index in [1.807, 2.05) is 6.08 Å². The summed E-state index contributed by atoms with van der Waals surface area (Å²) in [6, 6.07) is 12.0. The molecular formula is C34H34O9. The van der Waals surface area contributed by atoms with Crippen LogP contribution in [0.1, 0.15) is 95.4 Å². The third-order valence-electron chi connectivity index (χ3n) is 7.72. The van der Waals surface area contributed by atoms with Gasteiger partial charge in [0.2, 0.25) is 0 Å². The Balaban J connectivity index is 1.56. The number of Topliss-reactive ketones (excluding diaryl/α,β-unsaturated/α-hetero) is 1. The molecule has 2 aliphatic heterocycles. The monoisotopic (exact) mass is 586 g/mol. The van der Waals surface area contributed by atoms with Crippen LogP contribution in [0.15, 0.2) is 53.0 Å². The van der Waals surface area contributed by atoms with Gasteiger partial charge in [-0.3, -0.25) is 9.59 Å². The van der Waals surface area contributed by atoms with Crippen molar-refractivity contribution >= 4 is 29.8 Å². The lowest BCUT2D eigenvalue weighted by Crippen LogP contribution is -2.24. The van der Waals surface area contributed by atoms with E-state index in [2.05, 4.69) is 0 Å². The molecule has 0 unspecified atom stereocenters. The van der Waals surface area contributed by atoms with E-state index in [1.165, 1.54) is 14.2 Å². The minimum absolute atomic E-state index is 0.0221. The van der Waals surface area contributed by atoms with Gasteiger partial charge in [-0.25, -0.2) is 9.59 Å². The first-order valence-corrected chi connectivity index (χ1v) is 14.4. The van der Waals surface area contributed by atoms with Crippen LogP contribution in [-0.2, 0) is 19.1 Å². The molecule has 0 saturated heterocycles. The molecule has 0 N–H and O–H groups in total. The van der Waals surface area contributed by atoms with Gasteiger partial charge in [-0.1, -0.05) is 24.3 Å². The molecule has 0 spiro atoms. The topological polar surface area (TPSA) is 118 Å². The lowest BCUT2D eigenvalue weighted by Gasteiger charge is -2.27. The maximum absolute atomic E-state index is 13.6. The van der Waals surface area contributed by atoms with Crippen LogP contribution >= 0.6 is 0 Å². The molecule has 1 aromatic heterocycles. The van der Waals surface area contributed by atoms with E-state index in [0.717, 1.165) is 5.56 Å². The summed E-state index contributed by atoms with van der Waals surface area (Å²) in [5, 5.41) is 0. The molecule has 0 aliphatic carbocycles. The molecule has 43 heavy (non-hydrogen) atoms. The molecular weight excluding hydrogens is 552 g/mol. The first-order valence-electron chi connectivity index (χ1n) is 14.4. The van der Waals surface area contributed by atoms with Gasteiger partial charge in [-0.15, -0.1) is 0 Å². The fourth-order valence-corrected chi connectivity index (χ4v) is 5.54. The fraction of sp³-hybridized carbons (Fsp3) is 0.353. The van der Waals surface area contributed by atoms with Crippen molar-refractivity contribution in [1.29, 1.82) is 0 Å². The molecule has 0 amide bonds. The minimum Gasteiger partial charge on any atom is -0.495 e. The fourth-order valence-electron chi connectivity index (χ4n) is 5.54. The van der Waals surface area contributed by atoms with Crippen LogP contribution in [0.4, 0.5) is 0 Å². The number of methoxy groups -OCH3 is 2. The number of esters is 3. The van der Waals surface area contributed by atoms with E-state index < -0.39 is 29.9 Å². The summed E-state index contributed by atoms with van der Waals surface area (Å²) in [5.41, 5.74) is 2.41. The van der Waals surface area contributed by atoms with Gasteiger partial charge in [-0.2, -0.15) is 0 Å². The highest BCUT2D eigenvalue weighted by molar-refractivity contribution is 5.99. The number of fused-ring (bicyclic) bond motifs is 2. The third-order valence-corrected chi connectivity index (χ3v) is 7.72. The molecule has 9 heteroatoms. The quantitative estimate of drug-likeness (QED) is 0.244. The van der Waals surface area contributed by atoms with Gasteiger partial charge in [0.1, 0.15) is 34.4 Å². The Labute approximate surface area is 249 Å². The van der Waals surface area contributed by atoms with Crippen LogP contribution < -0.4 is 9.47 Å². The van der Waals surface area contributed by atoms with E-state index in [1.54, 1.807) is 55.5 Å². The summed E-state index contributed by atoms with van der Waals surface area (Å²) in [4.78, 5) is 50.4. The molecule has 3 heterocycles. The standard InChI is InChI=1S/C34H34O9/c1-20-8-7-11-24(35)10-6-4-5-9-23-18-28-31(32(39-2)30(23)34(38)41-20)25(19-29(36)43-28)27-17-16-26(42-27)21-12-14-22(15-13-21)33(37)40-3/h5,9,12-18,20,25H,4,6-8,10-11,19H2,1-3H3/t20-,25+/m0/s1. The van der Waals surface area contributed by atoms with Gasteiger partial charge >= 0.3 is 17.9 Å². The second-order valence-corrected chi connectivity index (χ2v) is 10.7. The van der Waals surface area contributed by atoms with Gasteiger partial charge in [0.15, 0.2) is 0 Å². The third kappa shape index (κ3) is 6.56. The van der Waals surface area contributed by atoms with Crippen molar-refractivity contribution in [3.05, 3.63) is 76.6 Å². The van der Waals surface area contributed by atoms with Crippen LogP contribution in [0.3, 0.4) is 0 Å². The van der Waals surface area contributed by atoms with Crippen molar-refractivity contribution in [2.45, 2.75) is 63.9 Å². The van der Waals surface area contributed by atoms with Crippen LogP contribution in [0.5, 0.6) is 11.5 Å². The summed E-state index contributed by atoms with van der Waals surface area (Å²) in [6.07, 6.45) is 6.76. The molecule has 2 aliphatic rings. The van der Waals surface area contributed by atoms with Crippen molar-refractivity contribution < 1.29 is 42.5 Å². The first kappa shape index (κ1) is 29.8. The molecule has 5 rings (SSSR count). The predicted molar refractivity (Wildman–Crippen MR) is 157 cm³/mol. The summed E-state index contributed by atoms with van der Waals surface area (Å²) in [7, 11) is 2.79. The SMILES string of the molecule is COC(=O)c1ccc(-c2ccc([C@H]3CC(=O)Oc4cc5c(c(OC)c43)C(=O)O[C@@H](C)CCCC(=O)CCCC=C5)o2)cc1. The molecule has 9 nitrogen and oxygen atoms in total. The van der Waals surface area contributed by atoms with Crippen LogP contribution in [0.25, 0.3) is 17.4 Å². The second kappa shape index (κ2) is 13.1. The smallest absolute Gasteiger partial charge is 0.342 e. The molecule has 0 saturated carbocycles. The molecule has 3 aromatic rings. The van der Waals surface area contributed by atoms with Gasteiger partial charge in [-0.05, 0) is 68.5 Å². The molecule has 2 atom stereocenters. The number of allylic oxidation sites excluding steroid dienone is 1. The summed E-state index contributed by atoms with van der Waals surface area (Å²) in [6.45, 7) is 1.81. The van der Waals surface area contributed by atoms with Crippen LogP contribution in [0, 0.1) is 0 Å². The Morgan fingerprint density at radius 2 is 1.74 bits per heavy atom. The maximum atomic E-state index is 13.6. The Kier molecular flexibility index (Phi) is 9.09. The number of ether oxygens (including phenoxy) is 4. The highest BCUT2D eigenvalue weighted by atomic mass is 16.6. The van der Waals surface area contributed by atoms with E-state index in [-0.39, 0.29) is 29.3 Å². The number of hydrogen-bond donors (Lipinski definition) is 0. The average Bonchev–Trinajstić information content (AvgIpc) is 3.49. The number of carbonyl (C=O) groups is 4. The number of rotatable bonds is 4. The molecule has 0 bridgehead atoms. The van der Waals surface area contributed by atoms with Crippen molar-refractivity contribution in [3.63, 3.8) is 0 Å². The Bertz CT molecular complexity index is 1560. The number of furan rings is 1. The largest absolute Gasteiger partial charge is 0.495 e. The number of benzene rings is 2. The maximum Gasteiger partial charge on any atom is 0.342 e. The first-order chi connectivity index (χ1) is 20.8. The van der Waals surface area contributed by atoms with Crippen molar-refractivity contribution in [3.8, 4) is 22.8 Å². The summed E-state index contributed by atoms with van der Waals surface area (Å²) < 4.78 is 28.4. The Hall–Kier alpha value is -4.66. The molecule has 2 aromatic carbocycles. The van der Waals surface area contributed by atoms with Gasteiger partial charge in [0.25, 0.3) is 0 Å². The molecule has 0 radical (unpaired) electrons. The lowest BCUT2D eigenvalue weighted by atomic mass is 9.86. The normalized spacial score (nSPS) is 19.4. The average molecular weight is 587 g/mol. The van der Waals surface area contributed by atoms with Crippen molar-refractivity contribution in [2.24, 2.45) is 0 Å². The lowest BCUT2D eigenvalue weighted by molar-refractivity contribution is -0.135. The summed E-state index contributed by atoms with van der Waals surface area (Å²) >= 11 is 0. The van der Waals surface area contributed by atoms with Gasteiger partial charge in [0, 0.05) is 24.0 Å².